The average Bonchev–Trinajstić information content (AvgIpc) is 3.37. The first-order chi connectivity index (χ1) is 13.6. The van der Waals surface area contributed by atoms with Crippen molar-refractivity contribution < 1.29 is 0 Å². The zero-order valence-corrected chi connectivity index (χ0v) is 16.7. The SMILES string of the molecule is CN(C)c1ccc(-c2nnc3c4cccc(N5CCCC5)c4cnn23)c(Cl)c1. The number of hydrogen-bond donors (Lipinski definition) is 0. The van der Waals surface area contributed by atoms with Gasteiger partial charge in [-0.05, 0) is 37.1 Å². The van der Waals surface area contributed by atoms with Gasteiger partial charge in [0.25, 0.3) is 0 Å². The van der Waals surface area contributed by atoms with Crippen molar-refractivity contribution >= 4 is 39.4 Å². The van der Waals surface area contributed by atoms with E-state index in [2.05, 4.69) is 38.4 Å². The number of hydrogen-bond acceptors (Lipinski definition) is 5. The van der Waals surface area contributed by atoms with Crippen LogP contribution in [-0.4, -0.2) is 47.0 Å². The highest BCUT2D eigenvalue weighted by molar-refractivity contribution is 6.33. The summed E-state index contributed by atoms with van der Waals surface area (Å²) in [5, 5.41) is 16.3. The summed E-state index contributed by atoms with van der Waals surface area (Å²) in [7, 11) is 3.98. The molecule has 1 fully saturated rings. The second kappa shape index (κ2) is 6.63. The molecule has 0 spiro atoms. The molecule has 1 saturated heterocycles. The predicted molar refractivity (Wildman–Crippen MR) is 115 cm³/mol. The fourth-order valence-corrected chi connectivity index (χ4v) is 4.18. The minimum Gasteiger partial charge on any atom is -0.378 e. The summed E-state index contributed by atoms with van der Waals surface area (Å²) in [4.78, 5) is 4.44. The Kier molecular flexibility index (Phi) is 4.09. The molecule has 0 amide bonds. The highest BCUT2D eigenvalue weighted by Crippen LogP contribution is 2.33. The fraction of sp³-hybridized carbons (Fsp3) is 0.286. The molecule has 0 unspecified atom stereocenters. The standard InChI is InChI=1S/C21H21ClN6/c1-26(2)14-8-9-16(18(22)12-14)21-25-24-20-15-6-5-7-19(27-10-3-4-11-27)17(15)13-23-28(20)21/h5-9,12-13H,3-4,10-11H2,1-2H3. The Labute approximate surface area is 168 Å². The van der Waals surface area contributed by atoms with E-state index in [9.17, 15) is 0 Å². The molecule has 3 heterocycles. The first kappa shape index (κ1) is 17.3. The molecule has 0 saturated carbocycles. The van der Waals surface area contributed by atoms with Gasteiger partial charge in [0.1, 0.15) is 0 Å². The zero-order chi connectivity index (χ0) is 19.3. The third-order valence-electron chi connectivity index (χ3n) is 5.42. The molecule has 0 N–H and O–H groups in total. The number of aromatic nitrogens is 4. The summed E-state index contributed by atoms with van der Waals surface area (Å²) in [6.45, 7) is 2.19. The molecule has 2 aromatic heterocycles. The summed E-state index contributed by atoms with van der Waals surface area (Å²) >= 11 is 6.55. The van der Waals surface area contributed by atoms with Gasteiger partial charge in [0, 0.05) is 54.9 Å². The second-order valence-electron chi connectivity index (χ2n) is 7.39. The maximum atomic E-state index is 6.55. The average molecular weight is 393 g/mol. The number of rotatable bonds is 3. The van der Waals surface area contributed by atoms with E-state index in [0.29, 0.717) is 10.8 Å². The van der Waals surface area contributed by atoms with Crippen LogP contribution in [0.3, 0.4) is 0 Å². The molecule has 5 rings (SSSR count). The number of halogens is 1. The minimum atomic E-state index is 0.633. The van der Waals surface area contributed by atoms with Crippen LogP contribution >= 0.6 is 11.6 Å². The predicted octanol–water partition coefficient (Wildman–Crippen LogP) is 4.26. The molecular formula is C21H21ClN6. The molecule has 28 heavy (non-hydrogen) atoms. The van der Waals surface area contributed by atoms with Crippen molar-refractivity contribution in [2.45, 2.75) is 12.8 Å². The zero-order valence-electron chi connectivity index (χ0n) is 15.9. The number of anilines is 2. The van der Waals surface area contributed by atoms with Gasteiger partial charge in [-0.1, -0.05) is 23.7 Å². The molecule has 7 heteroatoms. The topological polar surface area (TPSA) is 49.6 Å². The van der Waals surface area contributed by atoms with Gasteiger partial charge >= 0.3 is 0 Å². The van der Waals surface area contributed by atoms with E-state index in [1.807, 2.05) is 43.4 Å². The molecule has 4 aromatic rings. The first-order valence-electron chi connectivity index (χ1n) is 9.49. The molecule has 0 radical (unpaired) electrons. The molecule has 0 aliphatic carbocycles. The van der Waals surface area contributed by atoms with Gasteiger partial charge in [0.15, 0.2) is 11.5 Å². The molecule has 142 valence electrons. The van der Waals surface area contributed by atoms with Crippen LogP contribution in [0.2, 0.25) is 5.02 Å². The van der Waals surface area contributed by atoms with Crippen molar-refractivity contribution in [3.63, 3.8) is 0 Å². The Morgan fingerprint density at radius 2 is 1.82 bits per heavy atom. The van der Waals surface area contributed by atoms with E-state index >= 15 is 0 Å². The van der Waals surface area contributed by atoms with Crippen LogP contribution in [-0.2, 0) is 0 Å². The van der Waals surface area contributed by atoms with E-state index in [-0.39, 0.29) is 0 Å². The van der Waals surface area contributed by atoms with Gasteiger partial charge in [-0.3, -0.25) is 0 Å². The molecule has 0 bridgehead atoms. The first-order valence-corrected chi connectivity index (χ1v) is 9.86. The van der Waals surface area contributed by atoms with Crippen LogP contribution in [0.1, 0.15) is 12.8 Å². The van der Waals surface area contributed by atoms with E-state index < -0.39 is 0 Å². The Morgan fingerprint density at radius 3 is 2.57 bits per heavy atom. The summed E-state index contributed by atoms with van der Waals surface area (Å²) in [6.07, 6.45) is 4.40. The van der Waals surface area contributed by atoms with Crippen molar-refractivity contribution in [1.29, 1.82) is 0 Å². The van der Waals surface area contributed by atoms with Crippen molar-refractivity contribution in [3.8, 4) is 11.4 Å². The number of nitrogens with zero attached hydrogens (tertiary/aromatic N) is 6. The van der Waals surface area contributed by atoms with Crippen LogP contribution in [0.5, 0.6) is 0 Å². The monoisotopic (exact) mass is 392 g/mol. The number of benzene rings is 2. The Bertz CT molecular complexity index is 1180. The lowest BCUT2D eigenvalue weighted by molar-refractivity contribution is 0.940. The molecule has 0 atom stereocenters. The fourth-order valence-electron chi connectivity index (χ4n) is 3.92. The molecule has 6 nitrogen and oxygen atoms in total. The Hall–Kier alpha value is -2.86. The Balaban J connectivity index is 1.67. The van der Waals surface area contributed by atoms with Gasteiger partial charge in [0.05, 0.1) is 11.2 Å². The quantitative estimate of drug-likeness (QED) is 0.521. The highest BCUT2D eigenvalue weighted by atomic mass is 35.5. The molecule has 1 aliphatic heterocycles. The van der Waals surface area contributed by atoms with Crippen LogP contribution < -0.4 is 9.80 Å². The van der Waals surface area contributed by atoms with Gasteiger partial charge in [0.2, 0.25) is 0 Å². The van der Waals surface area contributed by atoms with E-state index in [1.165, 1.54) is 18.5 Å². The van der Waals surface area contributed by atoms with Crippen molar-refractivity contribution in [2.75, 3.05) is 37.0 Å². The summed E-state index contributed by atoms with van der Waals surface area (Å²) in [5.41, 5.74) is 3.84. The van der Waals surface area contributed by atoms with Crippen molar-refractivity contribution in [1.82, 2.24) is 19.8 Å². The third-order valence-corrected chi connectivity index (χ3v) is 5.74. The lowest BCUT2D eigenvalue weighted by atomic mass is 10.1. The third kappa shape index (κ3) is 2.67. The van der Waals surface area contributed by atoms with Crippen molar-refractivity contribution in [2.24, 2.45) is 0 Å². The highest BCUT2D eigenvalue weighted by Gasteiger charge is 2.19. The van der Waals surface area contributed by atoms with E-state index in [4.69, 9.17) is 11.6 Å². The molecular weight excluding hydrogens is 372 g/mol. The van der Waals surface area contributed by atoms with Crippen molar-refractivity contribution in [3.05, 3.63) is 47.6 Å². The maximum absolute atomic E-state index is 6.55. The van der Waals surface area contributed by atoms with E-state index in [0.717, 1.165) is 40.8 Å². The van der Waals surface area contributed by atoms with Gasteiger partial charge in [-0.15, -0.1) is 10.2 Å². The maximum Gasteiger partial charge on any atom is 0.186 e. The minimum absolute atomic E-state index is 0.633. The van der Waals surface area contributed by atoms with Crippen LogP contribution in [0, 0.1) is 0 Å². The van der Waals surface area contributed by atoms with Crippen LogP contribution in [0.4, 0.5) is 11.4 Å². The van der Waals surface area contributed by atoms with Crippen LogP contribution in [0.15, 0.2) is 42.6 Å². The summed E-state index contributed by atoms with van der Waals surface area (Å²) in [6, 6.07) is 12.3. The largest absolute Gasteiger partial charge is 0.378 e. The molecule has 2 aromatic carbocycles. The Morgan fingerprint density at radius 1 is 1.00 bits per heavy atom. The van der Waals surface area contributed by atoms with Gasteiger partial charge < -0.3 is 9.80 Å². The summed E-state index contributed by atoms with van der Waals surface area (Å²) in [5.74, 6) is 0.652. The molecule has 1 aliphatic rings. The lowest BCUT2D eigenvalue weighted by Crippen LogP contribution is -2.17. The normalized spacial score (nSPS) is 14.3. The number of fused-ring (bicyclic) bond motifs is 3. The van der Waals surface area contributed by atoms with Gasteiger partial charge in [-0.25, -0.2) is 0 Å². The second-order valence-corrected chi connectivity index (χ2v) is 7.80. The van der Waals surface area contributed by atoms with E-state index in [1.54, 1.807) is 4.52 Å². The summed E-state index contributed by atoms with van der Waals surface area (Å²) < 4.78 is 1.78. The van der Waals surface area contributed by atoms with Crippen LogP contribution in [0.25, 0.3) is 27.8 Å². The lowest BCUT2D eigenvalue weighted by Gasteiger charge is -2.19. The van der Waals surface area contributed by atoms with Gasteiger partial charge in [-0.2, -0.15) is 9.61 Å². The smallest absolute Gasteiger partial charge is 0.186 e.